The fourth-order valence-corrected chi connectivity index (χ4v) is 2.07. The summed E-state index contributed by atoms with van der Waals surface area (Å²) in [6, 6.07) is 7.47. The molecule has 0 saturated carbocycles. The maximum absolute atomic E-state index is 8.74. The first kappa shape index (κ1) is 13.1. The van der Waals surface area contributed by atoms with Crippen LogP contribution in [-0.4, -0.2) is 6.10 Å². The van der Waals surface area contributed by atoms with Gasteiger partial charge in [0.1, 0.15) is 5.75 Å². The molecular formula is C13H16BrNO. The first-order valence-corrected chi connectivity index (χ1v) is 6.18. The summed E-state index contributed by atoms with van der Waals surface area (Å²) < 4.78 is 6.63. The Morgan fingerprint density at radius 1 is 1.38 bits per heavy atom. The van der Waals surface area contributed by atoms with Crippen LogP contribution >= 0.6 is 15.9 Å². The van der Waals surface area contributed by atoms with Crippen molar-refractivity contribution >= 4 is 15.9 Å². The summed E-state index contributed by atoms with van der Waals surface area (Å²) >= 11 is 3.41. The molecule has 1 aromatic carbocycles. The standard InChI is InChI=1S/C13H16BrNO/c1-9(2)6-10(3)16-13-5-4-11(8-15)7-12(13)14/h4-5,7,9-10H,6H2,1-3H3. The van der Waals surface area contributed by atoms with Gasteiger partial charge in [0.15, 0.2) is 0 Å². The number of rotatable bonds is 4. The van der Waals surface area contributed by atoms with Gasteiger partial charge in [-0.25, -0.2) is 0 Å². The van der Waals surface area contributed by atoms with Gasteiger partial charge in [0.05, 0.1) is 22.2 Å². The molecule has 0 radical (unpaired) electrons. The van der Waals surface area contributed by atoms with Gasteiger partial charge < -0.3 is 4.74 Å². The summed E-state index contributed by atoms with van der Waals surface area (Å²) in [7, 11) is 0. The lowest BCUT2D eigenvalue weighted by Crippen LogP contribution is -2.14. The average molecular weight is 282 g/mol. The summed E-state index contributed by atoms with van der Waals surface area (Å²) in [5.41, 5.74) is 0.635. The van der Waals surface area contributed by atoms with E-state index in [1.807, 2.05) is 6.07 Å². The Morgan fingerprint density at radius 2 is 2.06 bits per heavy atom. The predicted octanol–water partition coefficient (Wildman–Crippen LogP) is 4.13. The van der Waals surface area contributed by atoms with Crippen molar-refractivity contribution in [1.82, 2.24) is 0 Å². The van der Waals surface area contributed by atoms with Crippen LogP contribution in [-0.2, 0) is 0 Å². The zero-order valence-corrected chi connectivity index (χ0v) is 11.4. The molecule has 1 rings (SSSR count). The first-order chi connectivity index (χ1) is 7.52. The van der Waals surface area contributed by atoms with E-state index in [1.165, 1.54) is 0 Å². The molecular weight excluding hydrogens is 266 g/mol. The van der Waals surface area contributed by atoms with Crippen molar-refractivity contribution in [3.63, 3.8) is 0 Å². The number of ether oxygens (including phenoxy) is 1. The molecule has 0 saturated heterocycles. The van der Waals surface area contributed by atoms with Gasteiger partial charge in [-0.15, -0.1) is 0 Å². The summed E-state index contributed by atoms with van der Waals surface area (Å²) in [6.07, 6.45) is 1.20. The van der Waals surface area contributed by atoms with E-state index < -0.39 is 0 Å². The van der Waals surface area contributed by atoms with E-state index in [1.54, 1.807) is 12.1 Å². The lowest BCUT2D eigenvalue weighted by Gasteiger charge is -2.17. The lowest BCUT2D eigenvalue weighted by atomic mass is 10.1. The summed E-state index contributed by atoms with van der Waals surface area (Å²) in [5, 5.41) is 8.74. The smallest absolute Gasteiger partial charge is 0.133 e. The maximum Gasteiger partial charge on any atom is 0.133 e. The van der Waals surface area contributed by atoms with Gasteiger partial charge in [-0.1, -0.05) is 13.8 Å². The molecule has 1 unspecified atom stereocenters. The minimum Gasteiger partial charge on any atom is -0.490 e. The molecule has 0 fully saturated rings. The fourth-order valence-electron chi connectivity index (χ4n) is 1.59. The van der Waals surface area contributed by atoms with Crippen LogP contribution in [0.1, 0.15) is 32.8 Å². The van der Waals surface area contributed by atoms with Crippen LogP contribution in [0.3, 0.4) is 0 Å². The monoisotopic (exact) mass is 281 g/mol. The van der Waals surface area contributed by atoms with Crippen LogP contribution in [0, 0.1) is 17.2 Å². The summed E-state index contributed by atoms with van der Waals surface area (Å²) in [4.78, 5) is 0. The van der Waals surface area contributed by atoms with Crippen LogP contribution in [0.4, 0.5) is 0 Å². The molecule has 0 N–H and O–H groups in total. The molecule has 0 bridgehead atoms. The van der Waals surface area contributed by atoms with E-state index in [9.17, 15) is 0 Å². The van der Waals surface area contributed by atoms with Crippen LogP contribution in [0.2, 0.25) is 0 Å². The zero-order chi connectivity index (χ0) is 12.1. The third kappa shape index (κ3) is 3.86. The Hall–Kier alpha value is -1.01. The molecule has 16 heavy (non-hydrogen) atoms. The minimum absolute atomic E-state index is 0.184. The largest absolute Gasteiger partial charge is 0.490 e. The third-order valence-corrected chi connectivity index (χ3v) is 2.81. The highest BCUT2D eigenvalue weighted by molar-refractivity contribution is 9.10. The van der Waals surface area contributed by atoms with Gasteiger partial charge in [-0.3, -0.25) is 0 Å². The number of benzene rings is 1. The van der Waals surface area contributed by atoms with Crippen LogP contribution in [0.15, 0.2) is 22.7 Å². The number of hydrogen-bond acceptors (Lipinski definition) is 2. The van der Waals surface area contributed by atoms with E-state index in [0.29, 0.717) is 11.5 Å². The van der Waals surface area contributed by atoms with Crippen LogP contribution < -0.4 is 4.74 Å². The number of nitriles is 1. The molecule has 1 aromatic rings. The highest BCUT2D eigenvalue weighted by atomic mass is 79.9. The Bertz CT molecular complexity index is 395. The van der Waals surface area contributed by atoms with Crippen molar-refractivity contribution < 1.29 is 4.74 Å². The van der Waals surface area contributed by atoms with Crippen molar-refractivity contribution in [2.75, 3.05) is 0 Å². The molecule has 1 atom stereocenters. The van der Waals surface area contributed by atoms with Crippen molar-refractivity contribution in [3.8, 4) is 11.8 Å². The SMILES string of the molecule is CC(C)CC(C)Oc1ccc(C#N)cc1Br. The molecule has 0 aliphatic rings. The van der Waals surface area contributed by atoms with Crippen molar-refractivity contribution in [2.45, 2.75) is 33.3 Å². The lowest BCUT2D eigenvalue weighted by molar-refractivity contribution is 0.192. The van der Waals surface area contributed by atoms with Gasteiger partial charge >= 0.3 is 0 Å². The normalized spacial score (nSPS) is 12.2. The van der Waals surface area contributed by atoms with Crippen molar-refractivity contribution in [2.24, 2.45) is 5.92 Å². The molecule has 86 valence electrons. The molecule has 0 aromatic heterocycles. The highest BCUT2D eigenvalue weighted by Crippen LogP contribution is 2.27. The Morgan fingerprint density at radius 3 is 2.56 bits per heavy atom. The zero-order valence-electron chi connectivity index (χ0n) is 9.83. The molecule has 2 nitrogen and oxygen atoms in total. The number of halogens is 1. The predicted molar refractivity (Wildman–Crippen MR) is 68.4 cm³/mol. The van der Waals surface area contributed by atoms with Crippen LogP contribution in [0.25, 0.3) is 0 Å². The molecule has 3 heteroatoms. The molecule has 0 amide bonds. The van der Waals surface area contributed by atoms with Crippen LogP contribution in [0.5, 0.6) is 5.75 Å². The second kappa shape index (κ2) is 5.91. The second-order valence-electron chi connectivity index (χ2n) is 4.32. The Kier molecular flexibility index (Phi) is 4.82. The molecule has 0 aliphatic heterocycles. The van der Waals surface area contributed by atoms with Gasteiger partial charge in [0.25, 0.3) is 0 Å². The fraction of sp³-hybridized carbons (Fsp3) is 0.462. The summed E-state index contributed by atoms with van der Waals surface area (Å²) in [6.45, 7) is 6.41. The van der Waals surface area contributed by atoms with Crippen molar-refractivity contribution in [3.05, 3.63) is 28.2 Å². The van der Waals surface area contributed by atoms with E-state index >= 15 is 0 Å². The van der Waals surface area contributed by atoms with Gasteiger partial charge in [0.2, 0.25) is 0 Å². The highest BCUT2D eigenvalue weighted by Gasteiger charge is 2.09. The average Bonchev–Trinajstić information content (AvgIpc) is 2.19. The molecule has 0 aliphatic carbocycles. The van der Waals surface area contributed by atoms with Gasteiger partial charge in [-0.2, -0.15) is 5.26 Å². The second-order valence-corrected chi connectivity index (χ2v) is 5.17. The molecule has 0 heterocycles. The maximum atomic E-state index is 8.74. The van der Waals surface area contributed by atoms with E-state index in [2.05, 4.69) is 42.8 Å². The number of hydrogen-bond donors (Lipinski definition) is 0. The quantitative estimate of drug-likeness (QED) is 0.831. The van der Waals surface area contributed by atoms with Gasteiger partial charge in [-0.05, 0) is 53.4 Å². The van der Waals surface area contributed by atoms with Gasteiger partial charge in [0, 0.05) is 0 Å². The van der Waals surface area contributed by atoms with E-state index in [0.717, 1.165) is 16.6 Å². The topological polar surface area (TPSA) is 33.0 Å². The van der Waals surface area contributed by atoms with E-state index in [-0.39, 0.29) is 6.10 Å². The number of nitrogens with zero attached hydrogens (tertiary/aromatic N) is 1. The Labute approximate surface area is 105 Å². The Balaban J connectivity index is 2.71. The van der Waals surface area contributed by atoms with Crippen molar-refractivity contribution in [1.29, 1.82) is 5.26 Å². The third-order valence-electron chi connectivity index (χ3n) is 2.19. The summed E-state index contributed by atoms with van der Waals surface area (Å²) in [5.74, 6) is 1.42. The molecule has 0 spiro atoms. The first-order valence-electron chi connectivity index (χ1n) is 5.39. The van der Waals surface area contributed by atoms with E-state index in [4.69, 9.17) is 10.00 Å². The minimum atomic E-state index is 0.184.